The lowest BCUT2D eigenvalue weighted by Crippen LogP contribution is -2.53. The van der Waals surface area contributed by atoms with Crippen molar-refractivity contribution in [2.24, 2.45) is 5.41 Å². The van der Waals surface area contributed by atoms with E-state index in [2.05, 4.69) is 26.1 Å². The maximum absolute atomic E-state index is 12.4. The number of nitrogens with one attached hydrogen (secondary N) is 1. The molecule has 1 aromatic carbocycles. The van der Waals surface area contributed by atoms with Crippen LogP contribution in [0, 0.1) is 5.41 Å². The highest BCUT2D eigenvalue weighted by atomic mass is 16.2. The van der Waals surface area contributed by atoms with Crippen LogP contribution in [0.5, 0.6) is 0 Å². The van der Waals surface area contributed by atoms with Gasteiger partial charge in [-0.3, -0.25) is 4.79 Å². The van der Waals surface area contributed by atoms with Crippen LogP contribution in [0.4, 0.5) is 10.5 Å². The zero-order valence-electron chi connectivity index (χ0n) is 12.3. The van der Waals surface area contributed by atoms with Crippen molar-refractivity contribution in [1.82, 2.24) is 4.90 Å². The van der Waals surface area contributed by atoms with E-state index >= 15 is 0 Å². The number of urea groups is 1. The van der Waals surface area contributed by atoms with E-state index in [-0.39, 0.29) is 23.3 Å². The quantitative estimate of drug-likeness (QED) is 0.854. The van der Waals surface area contributed by atoms with Gasteiger partial charge in [-0.1, -0.05) is 39.0 Å². The first-order valence-corrected chi connectivity index (χ1v) is 7.02. The number of benzene rings is 1. The van der Waals surface area contributed by atoms with Gasteiger partial charge in [-0.05, 0) is 17.5 Å². The van der Waals surface area contributed by atoms with Crippen molar-refractivity contribution in [2.45, 2.75) is 39.7 Å². The van der Waals surface area contributed by atoms with E-state index in [4.69, 9.17) is 0 Å². The normalized spacial score (nSPS) is 19.9. The number of Topliss-reactive ketones (excluding diaryl/α,β-unsaturated/α-hetero) is 1. The number of ketones is 1. The van der Waals surface area contributed by atoms with Crippen LogP contribution in [-0.2, 0) is 4.79 Å². The zero-order valence-corrected chi connectivity index (χ0v) is 12.3. The molecule has 1 aliphatic rings. The third-order valence-corrected chi connectivity index (χ3v) is 3.71. The predicted molar refractivity (Wildman–Crippen MR) is 79.7 cm³/mol. The van der Waals surface area contributed by atoms with Gasteiger partial charge in [0.1, 0.15) is 5.78 Å². The van der Waals surface area contributed by atoms with Gasteiger partial charge in [0.2, 0.25) is 0 Å². The van der Waals surface area contributed by atoms with E-state index in [0.717, 1.165) is 5.69 Å². The molecule has 1 unspecified atom stereocenters. The van der Waals surface area contributed by atoms with Gasteiger partial charge in [-0.25, -0.2) is 4.79 Å². The summed E-state index contributed by atoms with van der Waals surface area (Å²) in [7, 11) is 0. The molecule has 0 saturated carbocycles. The summed E-state index contributed by atoms with van der Waals surface area (Å²) in [5.41, 5.74) is 0.673. The van der Waals surface area contributed by atoms with E-state index in [1.54, 1.807) is 4.90 Å². The van der Waals surface area contributed by atoms with Crippen molar-refractivity contribution in [2.75, 3.05) is 11.9 Å². The van der Waals surface area contributed by atoms with Crippen LogP contribution in [0.15, 0.2) is 30.3 Å². The summed E-state index contributed by atoms with van der Waals surface area (Å²) in [6.07, 6.45) is 0.903. The maximum atomic E-state index is 12.4. The molecular weight excluding hydrogens is 252 g/mol. The zero-order chi connectivity index (χ0) is 14.8. The minimum atomic E-state index is -0.122. The van der Waals surface area contributed by atoms with Crippen LogP contribution in [0.2, 0.25) is 0 Å². The van der Waals surface area contributed by atoms with Crippen molar-refractivity contribution < 1.29 is 9.59 Å². The minimum absolute atomic E-state index is 0.0486. The maximum Gasteiger partial charge on any atom is 0.322 e. The van der Waals surface area contributed by atoms with Crippen molar-refractivity contribution in [3.05, 3.63) is 30.3 Å². The second kappa shape index (κ2) is 5.65. The van der Waals surface area contributed by atoms with Crippen LogP contribution in [-0.4, -0.2) is 29.3 Å². The fourth-order valence-electron chi connectivity index (χ4n) is 2.56. The Labute approximate surface area is 120 Å². The Morgan fingerprint density at radius 3 is 2.50 bits per heavy atom. The average molecular weight is 274 g/mol. The summed E-state index contributed by atoms with van der Waals surface area (Å²) >= 11 is 0. The predicted octanol–water partition coefficient (Wildman–Crippen LogP) is 3.30. The minimum Gasteiger partial charge on any atom is -0.320 e. The first kappa shape index (κ1) is 14.6. The molecule has 1 aromatic rings. The van der Waals surface area contributed by atoms with Crippen molar-refractivity contribution in [3.63, 3.8) is 0 Å². The first-order valence-electron chi connectivity index (χ1n) is 7.02. The smallest absolute Gasteiger partial charge is 0.320 e. The molecule has 0 bridgehead atoms. The van der Waals surface area contributed by atoms with Crippen LogP contribution in [0.1, 0.15) is 33.6 Å². The molecular formula is C16H22N2O2. The highest BCUT2D eigenvalue weighted by Crippen LogP contribution is 2.31. The number of anilines is 1. The lowest BCUT2D eigenvalue weighted by molar-refractivity contribution is -0.123. The standard InChI is InChI=1S/C16H22N2O2/c1-16(2,3)14-11-13(19)9-10-18(14)15(20)17-12-7-5-4-6-8-12/h4-8,14H,9-11H2,1-3H3,(H,17,20). The topological polar surface area (TPSA) is 49.4 Å². The summed E-state index contributed by atoms with van der Waals surface area (Å²) in [6, 6.07) is 9.23. The SMILES string of the molecule is CC(C)(C)C1CC(=O)CCN1C(=O)Nc1ccccc1. The summed E-state index contributed by atoms with van der Waals surface area (Å²) in [5, 5.41) is 2.90. The van der Waals surface area contributed by atoms with E-state index in [9.17, 15) is 9.59 Å². The molecule has 1 heterocycles. The number of carbonyl (C=O) groups excluding carboxylic acids is 2. The number of likely N-dealkylation sites (tertiary alicyclic amines) is 1. The lowest BCUT2D eigenvalue weighted by Gasteiger charge is -2.42. The molecule has 4 heteroatoms. The molecule has 0 aromatic heterocycles. The second-order valence-corrected chi connectivity index (χ2v) is 6.36. The number of hydrogen-bond acceptors (Lipinski definition) is 2. The van der Waals surface area contributed by atoms with Gasteiger partial charge >= 0.3 is 6.03 Å². The fourth-order valence-corrected chi connectivity index (χ4v) is 2.56. The molecule has 1 saturated heterocycles. The summed E-state index contributed by atoms with van der Waals surface area (Å²) in [5.74, 6) is 0.244. The van der Waals surface area contributed by atoms with Gasteiger partial charge in [-0.2, -0.15) is 0 Å². The molecule has 0 spiro atoms. The highest BCUT2D eigenvalue weighted by Gasteiger charge is 2.38. The molecule has 1 N–H and O–H groups in total. The number of nitrogens with zero attached hydrogens (tertiary/aromatic N) is 1. The van der Waals surface area contributed by atoms with Crippen LogP contribution < -0.4 is 5.32 Å². The summed E-state index contributed by atoms with van der Waals surface area (Å²) < 4.78 is 0. The molecule has 1 atom stereocenters. The van der Waals surface area contributed by atoms with E-state index in [1.165, 1.54) is 0 Å². The molecule has 108 valence electrons. The van der Waals surface area contributed by atoms with E-state index in [1.807, 2.05) is 30.3 Å². The summed E-state index contributed by atoms with van der Waals surface area (Å²) in [6.45, 7) is 6.70. The molecule has 20 heavy (non-hydrogen) atoms. The van der Waals surface area contributed by atoms with Crippen molar-refractivity contribution in [1.29, 1.82) is 0 Å². The highest BCUT2D eigenvalue weighted by molar-refractivity contribution is 5.91. The Bertz CT molecular complexity index is 491. The number of rotatable bonds is 1. The van der Waals surface area contributed by atoms with Gasteiger partial charge in [0, 0.05) is 31.1 Å². The third kappa shape index (κ3) is 3.38. The summed E-state index contributed by atoms with van der Waals surface area (Å²) in [4.78, 5) is 25.9. The molecule has 0 radical (unpaired) electrons. The number of amides is 2. The molecule has 0 aliphatic carbocycles. The molecule has 1 aliphatic heterocycles. The molecule has 4 nitrogen and oxygen atoms in total. The Balaban J connectivity index is 2.12. The largest absolute Gasteiger partial charge is 0.322 e. The number of piperidine rings is 1. The Kier molecular flexibility index (Phi) is 4.12. The first-order chi connectivity index (χ1) is 9.38. The second-order valence-electron chi connectivity index (χ2n) is 6.36. The fraction of sp³-hybridized carbons (Fsp3) is 0.500. The van der Waals surface area contributed by atoms with E-state index in [0.29, 0.717) is 19.4 Å². The molecule has 2 rings (SSSR count). The lowest BCUT2D eigenvalue weighted by atomic mass is 9.80. The van der Waals surface area contributed by atoms with Gasteiger partial charge < -0.3 is 10.2 Å². The monoisotopic (exact) mass is 274 g/mol. The van der Waals surface area contributed by atoms with Crippen LogP contribution >= 0.6 is 0 Å². The number of para-hydroxylation sites is 1. The van der Waals surface area contributed by atoms with E-state index < -0.39 is 0 Å². The van der Waals surface area contributed by atoms with Crippen molar-refractivity contribution >= 4 is 17.5 Å². The Morgan fingerprint density at radius 2 is 1.90 bits per heavy atom. The van der Waals surface area contributed by atoms with Gasteiger partial charge in [0.05, 0.1) is 0 Å². The van der Waals surface area contributed by atoms with Crippen LogP contribution in [0.25, 0.3) is 0 Å². The van der Waals surface area contributed by atoms with Gasteiger partial charge in [0.15, 0.2) is 0 Å². The Hall–Kier alpha value is -1.84. The van der Waals surface area contributed by atoms with Crippen LogP contribution in [0.3, 0.4) is 0 Å². The van der Waals surface area contributed by atoms with Crippen molar-refractivity contribution in [3.8, 4) is 0 Å². The average Bonchev–Trinajstić information content (AvgIpc) is 2.38. The Morgan fingerprint density at radius 1 is 1.25 bits per heavy atom. The van der Waals surface area contributed by atoms with Gasteiger partial charge in [0.25, 0.3) is 0 Å². The molecule has 2 amide bonds. The number of carbonyl (C=O) groups is 2. The molecule has 1 fully saturated rings. The number of hydrogen-bond donors (Lipinski definition) is 1. The van der Waals surface area contributed by atoms with Gasteiger partial charge in [-0.15, -0.1) is 0 Å². The third-order valence-electron chi connectivity index (χ3n) is 3.71.